The van der Waals surface area contributed by atoms with Crippen molar-refractivity contribution in [1.82, 2.24) is 0 Å². The van der Waals surface area contributed by atoms with Gasteiger partial charge in [-0.1, -0.05) is 24.3 Å². The largest absolute Gasteiger partial charge is 0.398 e. The fourth-order valence-corrected chi connectivity index (χ4v) is 2.39. The third-order valence-corrected chi connectivity index (χ3v) is 3.97. The Morgan fingerprint density at radius 1 is 1.15 bits per heavy atom. The van der Waals surface area contributed by atoms with E-state index in [0.717, 1.165) is 16.8 Å². The number of nitrogens with one attached hydrogen (secondary N) is 1. The first-order valence-electron chi connectivity index (χ1n) is 6.08. The number of anilines is 2. The van der Waals surface area contributed by atoms with Gasteiger partial charge < -0.3 is 11.1 Å². The average molecular weight is 291 g/mol. The van der Waals surface area contributed by atoms with Gasteiger partial charge in [0.2, 0.25) is 10.0 Å². The van der Waals surface area contributed by atoms with Gasteiger partial charge >= 0.3 is 0 Å². The second-order valence-electron chi connectivity index (χ2n) is 4.57. The molecule has 0 fully saturated rings. The van der Waals surface area contributed by atoms with Gasteiger partial charge in [-0.25, -0.2) is 13.6 Å². The summed E-state index contributed by atoms with van der Waals surface area (Å²) in [6.45, 7) is 2.41. The fraction of sp³-hybridized carbons (Fsp3) is 0.143. The first kappa shape index (κ1) is 14.4. The Balaban J connectivity index is 2.24. The molecule has 106 valence electrons. The lowest BCUT2D eigenvalue weighted by atomic mass is 10.1. The molecule has 5 nitrogen and oxygen atoms in total. The second kappa shape index (κ2) is 5.52. The van der Waals surface area contributed by atoms with Crippen molar-refractivity contribution in [3.8, 4) is 0 Å². The average Bonchev–Trinajstić information content (AvgIpc) is 2.38. The number of sulfonamides is 1. The predicted octanol–water partition coefficient (Wildman–Crippen LogP) is 1.84. The van der Waals surface area contributed by atoms with Crippen molar-refractivity contribution in [3.63, 3.8) is 0 Å². The number of rotatable bonds is 4. The molecule has 0 aliphatic rings. The summed E-state index contributed by atoms with van der Waals surface area (Å²) in [5.74, 6) is 0. The summed E-state index contributed by atoms with van der Waals surface area (Å²) in [5.41, 5.74) is 9.17. The van der Waals surface area contributed by atoms with Crippen LogP contribution in [0.4, 0.5) is 11.4 Å². The van der Waals surface area contributed by atoms with E-state index < -0.39 is 10.0 Å². The highest BCUT2D eigenvalue weighted by Gasteiger charge is 2.10. The molecule has 0 amide bonds. The van der Waals surface area contributed by atoms with Crippen LogP contribution in [0.1, 0.15) is 11.1 Å². The lowest BCUT2D eigenvalue weighted by Crippen LogP contribution is -2.13. The molecule has 6 heteroatoms. The van der Waals surface area contributed by atoms with Crippen molar-refractivity contribution in [3.05, 3.63) is 53.6 Å². The van der Waals surface area contributed by atoms with Gasteiger partial charge in [-0.3, -0.25) is 0 Å². The highest BCUT2D eigenvalue weighted by molar-refractivity contribution is 7.89. The summed E-state index contributed by atoms with van der Waals surface area (Å²) < 4.78 is 22.7. The molecule has 0 aliphatic carbocycles. The van der Waals surface area contributed by atoms with Gasteiger partial charge in [-0.2, -0.15) is 0 Å². The van der Waals surface area contributed by atoms with Crippen molar-refractivity contribution < 1.29 is 8.42 Å². The minimum atomic E-state index is -3.70. The number of benzene rings is 2. The minimum Gasteiger partial charge on any atom is -0.398 e. The molecule has 0 heterocycles. The molecule has 0 radical (unpaired) electrons. The summed E-state index contributed by atoms with van der Waals surface area (Å²) in [4.78, 5) is 0.0895. The molecule has 2 aromatic carbocycles. The van der Waals surface area contributed by atoms with Crippen molar-refractivity contribution in [2.45, 2.75) is 18.4 Å². The Morgan fingerprint density at radius 2 is 1.85 bits per heavy atom. The smallest absolute Gasteiger partial charge is 0.238 e. The Hall–Kier alpha value is -2.05. The van der Waals surface area contributed by atoms with Gasteiger partial charge in [0, 0.05) is 17.9 Å². The molecule has 0 saturated heterocycles. The molecule has 0 unspecified atom stereocenters. The summed E-state index contributed by atoms with van der Waals surface area (Å²) in [6.07, 6.45) is 0. The summed E-state index contributed by atoms with van der Waals surface area (Å²) in [5, 5.41) is 8.31. The van der Waals surface area contributed by atoms with Crippen molar-refractivity contribution >= 4 is 21.4 Å². The van der Waals surface area contributed by atoms with E-state index in [2.05, 4.69) is 5.32 Å². The van der Waals surface area contributed by atoms with E-state index in [1.54, 1.807) is 6.07 Å². The summed E-state index contributed by atoms with van der Waals surface area (Å²) in [7, 11) is -3.70. The van der Waals surface area contributed by atoms with Crippen LogP contribution in [0.3, 0.4) is 0 Å². The van der Waals surface area contributed by atoms with Gasteiger partial charge in [-0.15, -0.1) is 0 Å². The van der Waals surface area contributed by atoms with Gasteiger partial charge in [0.25, 0.3) is 0 Å². The molecule has 0 aliphatic heterocycles. The quantitative estimate of drug-likeness (QED) is 0.748. The molecule has 20 heavy (non-hydrogen) atoms. The van der Waals surface area contributed by atoms with Crippen LogP contribution in [-0.4, -0.2) is 8.42 Å². The van der Waals surface area contributed by atoms with Crippen LogP contribution in [-0.2, 0) is 16.6 Å². The van der Waals surface area contributed by atoms with E-state index in [9.17, 15) is 8.42 Å². The summed E-state index contributed by atoms with van der Waals surface area (Å²) >= 11 is 0. The van der Waals surface area contributed by atoms with Gasteiger partial charge in [0.15, 0.2) is 0 Å². The van der Waals surface area contributed by atoms with Crippen LogP contribution < -0.4 is 16.2 Å². The molecular weight excluding hydrogens is 274 g/mol. The van der Waals surface area contributed by atoms with Crippen LogP contribution in [0.2, 0.25) is 0 Å². The molecule has 0 atom stereocenters. The van der Waals surface area contributed by atoms with Gasteiger partial charge in [0.1, 0.15) is 0 Å². The SMILES string of the molecule is Cc1ccc(S(N)(=O)=O)cc1NCc1ccccc1N. The number of hydrogen-bond donors (Lipinski definition) is 3. The maximum Gasteiger partial charge on any atom is 0.238 e. The van der Waals surface area contributed by atoms with Crippen LogP contribution in [0, 0.1) is 6.92 Å². The zero-order valence-corrected chi connectivity index (χ0v) is 11.9. The van der Waals surface area contributed by atoms with Crippen LogP contribution in [0.15, 0.2) is 47.4 Å². The molecule has 5 N–H and O–H groups in total. The molecule has 0 bridgehead atoms. The van der Waals surface area contributed by atoms with E-state index in [0.29, 0.717) is 12.2 Å². The highest BCUT2D eigenvalue weighted by Crippen LogP contribution is 2.21. The molecule has 0 aromatic heterocycles. The number of hydrogen-bond acceptors (Lipinski definition) is 4. The van der Waals surface area contributed by atoms with E-state index in [4.69, 9.17) is 10.9 Å². The van der Waals surface area contributed by atoms with E-state index in [1.165, 1.54) is 12.1 Å². The van der Waals surface area contributed by atoms with Crippen LogP contribution >= 0.6 is 0 Å². The van der Waals surface area contributed by atoms with Crippen molar-refractivity contribution in [1.29, 1.82) is 0 Å². The molecule has 2 rings (SSSR count). The predicted molar refractivity (Wildman–Crippen MR) is 80.7 cm³/mol. The number of aryl methyl sites for hydroxylation is 1. The standard InChI is InChI=1S/C14H17N3O2S/c1-10-6-7-12(20(16,18)19)8-14(10)17-9-11-4-2-3-5-13(11)15/h2-8,17H,9,15H2,1H3,(H2,16,18,19). The third-order valence-electron chi connectivity index (χ3n) is 3.06. The Morgan fingerprint density at radius 3 is 2.50 bits per heavy atom. The van der Waals surface area contributed by atoms with E-state index in [-0.39, 0.29) is 4.90 Å². The normalized spacial score (nSPS) is 11.3. The first-order chi connectivity index (χ1) is 9.38. The van der Waals surface area contributed by atoms with E-state index >= 15 is 0 Å². The Bertz CT molecular complexity index is 727. The van der Waals surface area contributed by atoms with Crippen LogP contribution in [0.5, 0.6) is 0 Å². The molecule has 2 aromatic rings. The number of nitrogens with two attached hydrogens (primary N) is 2. The van der Waals surface area contributed by atoms with Crippen molar-refractivity contribution in [2.24, 2.45) is 5.14 Å². The first-order valence-corrected chi connectivity index (χ1v) is 7.63. The van der Waals surface area contributed by atoms with Gasteiger partial charge in [-0.05, 0) is 36.2 Å². The molecule has 0 saturated carbocycles. The Labute approximate surface area is 118 Å². The van der Waals surface area contributed by atoms with Crippen molar-refractivity contribution in [2.75, 3.05) is 11.1 Å². The zero-order chi connectivity index (χ0) is 14.8. The molecule has 0 spiro atoms. The van der Waals surface area contributed by atoms with Crippen LogP contribution in [0.25, 0.3) is 0 Å². The highest BCUT2D eigenvalue weighted by atomic mass is 32.2. The van der Waals surface area contributed by atoms with Gasteiger partial charge in [0.05, 0.1) is 4.90 Å². The number of primary sulfonamides is 1. The maximum absolute atomic E-state index is 11.4. The minimum absolute atomic E-state index is 0.0895. The molecular formula is C14H17N3O2S. The topological polar surface area (TPSA) is 98.2 Å². The number of nitrogen functional groups attached to an aromatic ring is 1. The third kappa shape index (κ3) is 3.28. The second-order valence-corrected chi connectivity index (χ2v) is 6.14. The lowest BCUT2D eigenvalue weighted by molar-refractivity contribution is 0.598. The monoisotopic (exact) mass is 291 g/mol. The number of para-hydroxylation sites is 1. The van der Waals surface area contributed by atoms with E-state index in [1.807, 2.05) is 31.2 Å². The maximum atomic E-state index is 11.4. The Kier molecular flexibility index (Phi) is 3.96. The fourth-order valence-electron chi connectivity index (χ4n) is 1.85. The summed E-state index contributed by atoms with van der Waals surface area (Å²) in [6, 6.07) is 12.3. The zero-order valence-electron chi connectivity index (χ0n) is 11.1. The lowest BCUT2D eigenvalue weighted by Gasteiger charge is -2.12.